The zero-order valence-corrected chi connectivity index (χ0v) is 17.4. The number of nitrogens with one attached hydrogen (secondary N) is 1. The number of rotatable bonds is 7. The maximum Gasteiger partial charge on any atom is 0.332 e. The molecule has 2 amide bonds. The quantitative estimate of drug-likeness (QED) is 0.499. The number of hydrogen-bond donors (Lipinski definition) is 2. The van der Waals surface area contributed by atoms with Crippen LogP contribution >= 0.6 is 0 Å². The summed E-state index contributed by atoms with van der Waals surface area (Å²) in [4.78, 5) is 16.7. The number of carbonyl (C=O) groups is 1. The summed E-state index contributed by atoms with van der Waals surface area (Å²) in [6.07, 6.45) is 1.88. The van der Waals surface area contributed by atoms with Gasteiger partial charge >= 0.3 is 6.03 Å². The smallest absolute Gasteiger partial charge is 0.332 e. The van der Waals surface area contributed by atoms with Crippen molar-refractivity contribution in [3.63, 3.8) is 0 Å². The number of halogens is 1. The highest BCUT2D eigenvalue weighted by molar-refractivity contribution is 6.01. The molecule has 0 saturated carbocycles. The van der Waals surface area contributed by atoms with Crippen molar-refractivity contribution in [3.8, 4) is 23.0 Å². The molecule has 0 saturated heterocycles. The number of nitrogens with zero attached hydrogens (tertiary/aromatic N) is 2. The molecule has 1 atom stereocenters. The fourth-order valence-corrected chi connectivity index (χ4v) is 3.63. The lowest BCUT2D eigenvalue weighted by Gasteiger charge is -2.19. The van der Waals surface area contributed by atoms with Crippen LogP contribution in [0.3, 0.4) is 0 Å². The third-order valence-corrected chi connectivity index (χ3v) is 4.99. The predicted octanol–water partition coefficient (Wildman–Crippen LogP) is 2.31. The molecule has 0 radical (unpaired) electrons. The van der Waals surface area contributed by atoms with Crippen LogP contribution in [0.25, 0.3) is 0 Å². The number of hydrogen-bond acceptors (Lipinski definition) is 8. The summed E-state index contributed by atoms with van der Waals surface area (Å²) in [5, 5.41) is 8.03. The molecule has 0 fully saturated rings. The van der Waals surface area contributed by atoms with Crippen molar-refractivity contribution in [2.45, 2.75) is 18.9 Å². The van der Waals surface area contributed by atoms with E-state index in [9.17, 15) is 9.18 Å². The molecule has 4 rings (SSSR count). The summed E-state index contributed by atoms with van der Waals surface area (Å²) in [6, 6.07) is 5.23. The summed E-state index contributed by atoms with van der Waals surface area (Å²) < 4.78 is 35.6. The Morgan fingerprint density at radius 2 is 1.94 bits per heavy atom. The maximum absolute atomic E-state index is 13.2. The van der Waals surface area contributed by atoms with Crippen LogP contribution in [-0.2, 0) is 11.3 Å². The number of benzene rings is 2. The molecule has 2 heterocycles. The highest BCUT2D eigenvalue weighted by Crippen LogP contribution is 2.52. The molecule has 2 aromatic carbocycles. The number of hydrazone groups is 1. The van der Waals surface area contributed by atoms with E-state index in [2.05, 4.69) is 15.7 Å². The lowest BCUT2D eigenvalue weighted by atomic mass is 9.95. The van der Waals surface area contributed by atoms with Crippen LogP contribution in [-0.4, -0.2) is 45.1 Å². The zero-order valence-electron chi connectivity index (χ0n) is 17.4. The van der Waals surface area contributed by atoms with Crippen molar-refractivity contribution in [1.82, 2.24) is 5.43 Å². The van der Waals surface area contributed by atoms with Crippen LogP contribution in [0.4, 0.5) is 9.18 Å². The van der Waals surface area contributed by atoms with E-state index in [0.29, 0.717) is 52.7 Å². The number of urea groups is 1. The molecule has 0 bridgehead atoms. The molecule has 3 N–H and O–H groups in total. The van der Waals surface area contributed by atoms with Crippen molar-refractivity contribution >= 4 is 18.0 Å². The standard InChI is InChI=1S/C21H21FN4O6/c1-28-17-14(7-13-8-16(26-32-13)11-3-5-12(22)6-4-11)15(9-24-25-21(23)27)18(29-2)20-19(17)30-10-31-20/h3-6,9,13H,7-8,10H2,1-2H3,(H3,23,25,27). The van der Waals surface area contributed by atoms with E-state index in [1.807, 2.05) is 0 Å². The molecule has 1 unspecified atom stereocenters. The van der Waals surface area contributed by atoms with Crippen molar-refractivity contribution in [2.24, 2.45) is 16.0 Å². The van der Waals surface area contributed by atoms with E-state index in [1.54, 1.807) is 12.1 Å². The van der Waals surface area contributed by atoms with E-state index in [0.717, 1.165) is 5.56 Å². The Kier molecular flexibility index (Phi) is 5.97. The average Bonchev–Trinajstić information content (AvgIpc) is 3.44. The minimum absolute atomic E-state index is 0.000615. The predicted molar refractivity (Wildman–Crippen MR) is 112 cm³/mol. The fraction of sp³-hybridized carbons (Fsp3) is 0.286. The third kappa shape index (κ3) is 4.09. The van der Waals surface area contributed by atoms with E-state index in [4.69, 9.17) is 29.5 Å². The number of ether oxygens (including phenoxy) is 4. The topological polar surface area (TPSA) is 126 Å². The van der Waals surface area contributed by atoms with Gasteiger partial charge in [0.05, 0.1) is 26.1 Å². The number of fused-ring (bicyclic) bond motifs is 1. The van der Waals surface area contributed by atoms with E-state index in [1.165, 1.54) is 32.6 Å². The third-order valence-electron chi connectivity index (χ3n) is 4.99. The largest absolute Gasteiger partial charge is 0.492 e. The second kappa shape index (κ2) is 9.00. The van der Waals surface area contributed by atoms with Crippen LogP contribution in [0.5, 0.6) is 23.0 Å². The number of primary amides is 1. The van der Waals surface area contributed by atoms with Gasteiger partial charge in [0.15, 0.2) is 11.5 Å². The van der Waals surface area contributed by atoms with E-state index >= 15 is 0 Å². The molecule has 11 heteroatoms. The first kappa shape index (κ1) is 21.2. The molecule has 2 aliphatic rings. The van der Waals surface area contributed by atoms with Gasteiger partial charge in [0.1, 0.15) is 11.9 Å². The van der Waals surface area contributed by atoms with Crippen LogP contribution < -0.4 is 30.1 Å². The second-order valence-corrected chi connectivity index (χ2v) is 6.94. The minimum atomic E-state index is -0.814. The van der Waals surface area contributed by atoms with Gasteiger partial charge in [0.2, 0.25) is 18.3 Å². The summed E-state index contributed by atoms with van der Waals surface area (Å²) >= 11 is 0. The summed E-state index contributed by atoms with van der Waals surface area (Å²) in [7, 11) is 2.99. The Balaban J connectivity index is 1.67. The summed E-state index contributed by atoms with van der Waals surface area (Å²) in [6.45, 7) is -0.000615. The lowest BCUT2D eigenvalue weighted by Crippen LogP contribution is -2.24. The molecule has 2 aliphatic heterocycles. The van der Waals surface area contributed by atoms with Gasteiger partial charge < -0.3 is 29.5 Å². The Morgan fingerprint density at radius 3 is 2.59 bits per heavy atom. The Labute approximate surface area is 182 Å². The van der Waals surface area contributed by atoms with Crippen molar-refractivity contribution in [1.29, 1.82) is 0 Å². The SMILES string of the molecule is COc1c(C=NNC(N)=O)c(CC2CC(c3ccc(F)cc3)=NO2)c(OC)c2c1OCO2. The first-order valence-corrected chi connectivity index (χ1v) is 9.65. The average molecular weight is 444 g/mol. The Bertz CT molecular complexity index is 1090. The minimum Gasteiger partial charge on any atom is -0.492 e. The first-order valence-electron chi connectivity index (χ1n) is 9.65. The number of methoxy groups -OCH3 is 2. The van der Waals surface area contributed by atoms with Gasteiger partial charge in [-0.05, 0) is 17.7 Å². The monoisotopic (exact) mass is 444 g/mol. The number of carbonyl (C=O) groups excluding carboxylic acids is 1. The van der Waals surface area contributed by atoms with Gasteiger partial charge in [0, 0.05) is 24.0 Å². The zero-order chi connectivity index (χ0) is 22.7. The second-order valence-electron chi connectivity index (χ2n) is 6.94. The van der Waals surface area contributed by atoms with Crippen molar-refractivity contribution < 1.29 is 33.0 Å². The van der Waals surface area contributed by atoms with Gasteiger partial charge in [0.25, 0.3) is 0 Å². The molecule has 0 aromatic heterocycles. The summed E-state index contributed by atoms with van der Waals surface area (Å²) in [5.74, 6) is 1.23. The van der Waals surface area contributed by atoms with Gasteiger partial charge in [-0.2, -0.15) is 5.10 Å². The van der Waals surface area contributed by atoms with Crippen molar-refractivity contribution in [3.05, 3.63) is 46.8 Å². The molecular weight excluding hydrogens is 423 g/mol. The Hall–Kier alpha value is -4.02. The van der Waals surface area contributed by atoms with Gasteiger partial charge in [-0.25, -0.2) is 14.6 Å². The molecular formula is C21H21FN4O6. The van der Waals surface area contributed by atoms with Crippen molar-refractivity contribution in [2.75, 3.05) is 21.0 Å². The lowest BCUT2D eigenvalue weighted by molar-refractivity contribution is 0.0853. The molecule has 32 heavy (non-hydrogen) atoms. The number of nitrogens with two attached hydrogens (primary N) is 1. The molecule has 10 nitrogen and oxygen atoms in total. The van der Waals surface area contributed by atoms with Crippen LogP contribution in [0.2, 0.25) is 0 Å². The van der Waals surface area contributed by atoms with Gasteiger partial charge in [-0.1, -0.05) is 17.3 Å². The Morgan fingerprint density at radius 1 is 1.25 bits per heavy atom. The first-order chi connectivity index (χ1) is 15.5. The molecule has 2 aromatic rings. The van der Waals surface area contributed by atoms with Crippen LogP contribution in [0, 0.1) is 5.82 Å². The van der Waals surface area contributed by atoms with Gasteiger partial charge in [-0.15, -0.1) is 0 Å². The van der Waals surface area contributed by atoms with Crippen LogP contribution in [0.15, 0.2) is 34.5 Å². The van der Waals surface area contributed by atoms with E-state index in [-0.39, 0.29) is 18.7 Å². The van der Waals surface area contributed by atoms with Crippen LogP contribution in [0.1, 0.15) is 23.1 Å². The molecule has 0 aliphatic carbocycles. The summed E-state index contributed by atoms with van der Waals surface area (Å²) in [5.41, 5.74) is 9.89. The molecule has 0 spiro atoms. The maximum atomic E-state index is 13.2. The number of oxime groups is 1. The normalized spacial score (nSPS) is 16.6. The number of amides is 2. The fourth-order valence-electron chi connectivity index (χ4n) is 3.63. The molecule has 168 valence electrons. The highest BCUT2D eigenvalue weighted by atomic mass is 19.1. The van der Waals surface area contributed by atoms with E-state index < -0.39 is 6.03 Å². The van der Waals surface area contributed by atoms with Gasteiger partial charge in [-0.3, -0.25) is 0 Å². The highest BCUT2D eigenvalue weighted by Gasteiger charge is 2.33.